The van der Waals surface area contributed by atoms with Gasteiger partial charge < -0.3 is 26.0 Å². The largest absolute Gasteiger partial charge is 0.463 e. The number of nitrogen functional groups attached to an aromatic ring is 1. The molecule has 0 fully saturated rings. The first-order chi connectivity index (χ1) is 7.13. The lowest BCUT2D eigenvalue weighted by atomic mass is 10.2. The lowest BCUT2D eigenvalue weighted by Gasteiger charge is -2.14. The zero-order valence-corrected chi connectivity index (χ0v) is 8.60. The smallest absolute Gasteiger partial charge is 0.194 e. The Labute approximate surface area is 88.5 Å². The predicted molar refractivity (Wildman–Crippen MR) is 58.7 cm³/mol. The van der Waals surface area contributed by atoms with Crippen LogP contribution in [-0.4, -0.2) is 29.7 Å². The summed E-state index contributed by atoms with van der Waals surface area (Å²) >= 11 is 0. The van der Waals surface area contributed by atoms with Crippen molar-refractivity contribution in [2.24, 2.45) is 0 Å². The Morgan fingerprint density at radius 2 is 2.27 bits per heavy atom. The van der Waals surface area contributed by atoms with Gasteiger partial charge in [0.05, 0.1) is 12.3 Å². The summed E-state index contributed by atoms with van der Waals surface area (Å²) in [6.45, 7) is 1.94. The second kappa shape index (κ2) is 5.43. The number of nitrogens with two attached hydrogens (primary N) is 1. The van der Waals surface area contributed by atoms with E-state index < -0.39 is 6.29 Å². The third kappa shape index (κ3) is 3.65. The minimum Gasteiger partial charge on any atom is -0.463 e. The van der Waals surface area contributed by atoms with Crippen LogP contribution in [0.1, 0.15) is 6.92 Å². The minimum atomic E-state index is -0.886. The van der Waals surface area contributed by atoms with Crippen LogP contribution in [0.4, 0.5) is 11.4 Å². The summed E-state index contributed by atoms with van der Waals surface area (Å²) in [5, 5.41) is 20.7. The molecule has 15 heavy (non-hydrogen) atoms. The Kier molecular flexibility index (Phi) is 4.20. The maximum absolute atomic E-state index is 9.09. The number of aliphatic hydroxyl groups is 2. The van der Waals surface area contributed by atoms with Gasteiger partial charge in [0.2, 0.25) is 0 Å². The lowest BCUT2D eigenvalue weighted by Crippen LogP contribution is -2.13. The van der Waals surface area contributed by atoms with Gasteiger partial charge in [0.25, 0.3) is 0 Å². The van der Waals surface area contributed by atoms with Crippen molar-refractivity contribution in [3.05, 3.63) is 18.2 Å². The van der Waals surface area contributed by atoms with Gasteiger partial charge in [0.1, 0.15) is 5.75 Å². The number of benzene rings is 1. The topological polar surface area (TPSA) is 87.7 Å². The number of ether oxygens (including phenoxy) is 1. The maximum atomic E-state index is 9.09. The Hall–Kier alpha value is -1.46. The van der Waals surface area contributed by atoms with Crippen LogP contribution in [0.5, 0.6) is 5.75 Å². The fourth-order valence-corrected chi connectivity index (χ4v) is 1.16. The van der Waals surface area contributed by atoms with Crippen LogP contribution in [0.25, 0.3) is 0 Å². The Bertz CT molecular complexity index is 316. The van der Waals surface area contributed by atoms with Crippen LogP contribution < -0.4 is 15.8 Å². The van der Waals surface area contributed by atoms with Crippen molar-refractivity contribution in [1.29, 1.82) is 0 Å². The average molecular weight is 212 g/mol. The van der Waals surface area contributed by atoms with Crippen LogP contribution in [0.3, 0.4) is 0 Å². The Balaban J connectivity index is 2.82. The van der Waals surface area contributed by atoms with Gasteiger partial charge in [-0.1, -0.05) is 0 Å². The first-order valence-electron chi connectivity index (χ1n) is 4.72. The molecule has 0 radical (unpaired) electrons. The molecule has 1 aromatic rings. The molecule has 1 aromatic carbocycles. The van der Waals surface area contributed by atoms with Crippen molar-refractivity contribution in [2.75, 3.05) is 24.2 Å². The van der Waals surface area contributed by atoms with Crippen LogP contribution in [-0.2, 0) is 0 Å². The number of hydrogen-bond donors (Lipinski definition) is 4. The van der Waals surface area contributed by atoms with Crippen LogP contribution in [0.2, 0.25) is 0 Å². The van der Waals surface area contributed by atoms with Crippen molar-refractivity contribution < 1.29 is 14.9 Å². The molecule has 84 valence electrons. The summed E-state index contributed by atoms with van der Waals surface area (Å²) in [5.74, 6) is 0.507. The molecule has 1 rings (SSSR count). The van der Waals surface area contributed by atoms with Crippen molar-refractivity contribution in [3.63, 3.8) is 0 Å². The molecule has 0 aliphatic carbocycles. The molecule has 0 amide bonds. The van der Waals surface area contributed by atoms with E-state index in [1.165, 1.54) is 6.92 Å². The maximum Gasteiger partial charge on any atom is 0.194 e. The van der Waals surface area contributed by atoms with E-state index in [0.29, 0.717) is 23.7 Å². The van der Waals surface area contributed by atoms with E-state index in [4.69, 9.17) is 20.7 Å². The molecule has 5 heteroatoms. The average Bonchev–Trinajstić information content (AvgIpc) is 2.18. The first-order valence-corrected chi connectivity index (χ1v) is 4.72. The predicted octanol–water partition coefficient (Wildman–Crippen LogP) is 0.390. The van der Waals surface area contributed by atoms with Gasteiger partial charge in [-0.05, 0) is 25.1 Å². The fourth-order valence-electron chi connectivity index (χ4n) is 1.16. The molecule has 0 saturated heterocycles. The highest BCUT2D eigenvalue weighted by atomic mass is 16.6. The number of nitrogens with one attached hydrogen (secondary N) is 1. The molecule has 1 unspecified atom stereocenters. The summed E-state index contributed by atoms with van der Waals surface area (Å²) in [7, 11) is 0. The lowest BCUT2D eigenvalue weighted by molar-refractivity contribution is 0.000231. The summed E-state index contributed by atoms with van der Waals surface area (Å²) in [4.78, 5) is 0. The van der Waals surface area contributed by atoms with E-state index in [1.807, 2.05) is 0 Å². The van der Waals surface area contributed by atoms with Gasteiger partial charge in [-0.25, -0.2) is 0 Å². The number of rotatable bonds is 5. The van der Waals surface area contributed by atoms with E-state index in [9.17, 15) is 0 Å². The standard InChI is InChI=1S/C10H16N2O3/c1-7(14)15-10-3-2-8(11)6-9(10)12-4-5-13/h2-3,6-7,12-14H,4-5,11H2,1H3. The zero-order valence-electron chi connectivity index (χ0n) is 8.60. The molecule has 0 spiro atoms. The second-order valence-electron chi connectivity index (χ2n) is 3.12. The number of aliphatic hydroxyl groups excluding tert-OH is 2. The highest BCUT2D eigenvalue weighted by Crippen LogP contribution is 2.27. The van der Waals surface area contributed by atoms with E-state index in [1.54, 1.807) is 18.2 Å². The van der Waals surface area contributed by atoms with Gasteiger partial charge in [-0.3, -0.25) is 0 Å². The summed E-state index contributed by atoms with van der Waals surface area (Å²) in [6, 6.07) is 5.04. The minimum absolute atomic E-state index is 0.0168. The van der Waals surface area contributed by atoms with Gasteiger partial charge in [0, 0.05) is 12.2 Å². The fraction of sp³-hybridized carbons (Fsp3) is 0.400. The summed E-state index contributed by atoms with van der Waals surface area (Å²) < 4.78 is 5.15. The molecule has 5 N–H and O–H groups in total. The first kappa shape index (κ1) is 11.6. The van der Waals surface area contributed by atoms with Crippen molar-refractivity contribution in [1.82, 2.24) is 0 Å². The van der Waals surface area contributed by atoms with E-state index in [-0.39, 0.29) is 6.61 Å². The SMILES string of the molecule is CC(O)Oc1ccc(N)cc1NCCO. The molecule has 0 heterocycles. The normalized spacial score (nSPS) is 12.2. The van der Waals surface area contributed by atoms with Crippen molar-refractivity contribution in [3.8, 4) is 5.75 Å². The number of hydrogen-bond acceptors (Lipinski definition) is 5. The van der Waals surface area contributed by atoms with Gasteiger partial charge in [-0.15, -0.1) is 0 Å². The Morgan fingerprint density at radius 3 is 2.87 bits per heavy atom. The van der Waals surface area contributed by atoms with Crippen molar-refractivity contribution in [2.45, 2.75) is 13.2 Å². The highest BCUT2D eigenvalue weighted by molar-refractivity contribution is 5.63. The molecule has 0 aliphatic heterocycles. The third-order valence-electron chi connectivity index (χ3n) is 1.73. The van der Waals surface area contributed by atoms with Gasteiger partial charge >= 0.3 is 0 Å². The van der Waals surface area contributed by atoms with Crippen molar-refractivity contribution >= 4 is 11.4 Å². The molecule has 0 aliphatic rings. The zero-order chi connectivity index (χ0) is 11.3. The third-order valence-corrected chi connectivity index (χ3v) is 1.73. The monoisotopic (exact) mass is 212 g/mol. The molecule has 0 aromatic heterocycles. The van der Waals surface area contributed by atoms with E-state index in [0.717, 1.165) is 0 Å². The van der Waals surface area contributed by atoms with Crippen LogP contribution in [0.15, 0.2) is 18.2 Å². The van der Waals surface area contributed by atoms with E-state index in [2.05, 4.69) is 5.32 Å². The second-order valence-corrected chi connectivity index (χ2v) is 3.12. The molecule has 0 bridgehead atoms. The quantitative estimate of drug-likeness (QED) is 0.419. The summed E-state index contributed by atoms with van der Waals surface area (Å²) in [5.41, 5.74) is 6.86. The molecular weight excluding hydrogens is 196 g/mol. The van der Waals surface area contributed by atoms with E-state index >= 15 is 0 Å². The van der Waals surface area contributed by atoms with Gasteiger partial charge in [0.15, 0.2) is 6.29 Å². The highest BCUT2D eigenvalue weighted by Gasteiger charge is 2.06. The molecular formula is C10H16N2O3. The van der Waals surface area contributed by atoms with Crippen LogP contribution >= 0.6 is 0 Å². The molecule has 1 atom stereocenters. The molecule has 0 saturated carbocycles. The van der Waals surface area contributed by atoms with Crippen LogP contribution in [0, 0.1) is 0 Å². The van der Waals surface area contributed by atoms with Gasteiger partial charge in [-0.2, -0.15) is 0 Å². The number of anilines is 2. The summed E-state index contributed by atoms with van der Waals surface area (Å²) in [6.07, 6.45) is -0.886. The Morgan fingerprint density at radius 1 is 1.53 bits per heavy atom. The molecule has 5 nitrogen and oxygen atoms in total.